The molecular formula is C35H40FN3O4. The number of piperidine rings is 1. The van der Waals surface area contributed by atoms with E-state index in [0.717, 1.165) is 59.6 Å². The van der Waals surface area contributed by atoms with Crippen LogP contribution in [0.4, 0.5) is 10.1 Å². The molecule has 1 aliphatic rings. The van der Waals surface area contributed by atoms with Gasteiger partial charge in [0.25, 0.3) is 0 Å². The predicted molar refractivity (Wildman–Crippen MR) is 166 cm³/mol. The highest BCUT2D eigenvalue weighted by atomic mass is 19.1. The van der Waals surface area contributed by atoms with Crippen LogP contribution >= 0.6 is 0 Å². The van der Waals surface area contributed by atoms with Crippen LogP contribution in [0, 0.1) is 25.1 Å². The minimum atomic E-state index is -1.17. The van der Waals surface area contributed by atoms with E-state index in [1.54, 1.807) is 18.3 Å². The molecule has 0 aliphatic carbocycles. The summed E-state index contributed by atoms with van der Waals surface area (Å²) in [5.74, 6) is -0.343. The molecule has 1 saturated heterocycles. The number of pyridine rings is 1. The van der Waals surface area contributed by atoms with Gasteiger partial charge in [-0.2, -0.15) is 0 Å². The van der Waals surface area contributed by atoms with Gasteiger partial charge in [-0.25, -0.2) is 14.2 Å². The number of aryl methyl sites for hydroxylation is 2. The lowest BCUT2D eigenvalue weighted by molar-refractivity contribution is -0.160. The average Bonchev–Trinajstić information content (AvgIpc) is 3.42. The quantitative estimate of drug-likeness (QED) is 0.233. The fraction of sp³-hybridized carbons (Fsp3) is 0.400. The Balaban J connectivity index is 1.60. The van der Waals surface area contributed by atoms with Crippen LogP contribution in [0.1, 0.15) is 70.5 Å². The summed E-state index contributed by atoms with van der Waals surface area (Å²) in [6.07, 6.45) is 2.44. The summed E-state index contributed by atoms with van der Waals surface area (Å²) < 4.78 is 25.6. The summed E-state index contributed by atoms with van der Waals surface area (Å²) in [6.45, 7) is 15.6. The maximum Gasteiger partial charge on any atom is 0.337 e. The number of hydrogen-bond donors (Lipinski definition) is 1. The summed E-state index contributed by atoms with van der Waals surface area (Å²) in [7, 11) is 0. The molecule has 0 saturated carbocycles. The fourth-order valence-corrected chi connectivity index (χ4v) is 5.69. The van der Waals surface area contributed by atoms with Crippen molar-refractivity contribution < 1.29 is 23.4 Å². The Bertz CT molecular complexity index is 1610. The Morgan fingerprint density at radius 1 is 0.977 bits per heavy atom. The summed E-state index contributed by atoms with van der Waals surface area (Å²) in [6, 6.07) is 14.0. The van der Waals surface area contributed by atoms with Crippen LogP contribution in [-0.2, 0) is 9.53 Å². The number of carboxylic acid groups (broad SMARTS) is 1. The maximum atomic E-state index is 13.4. The highest BCUT2D eigenvalue weighted by molar-refractivity contribution is 5.88. The Kier molecular flexibility index (Phi) is 8.18. The molecule has 1 atom stereocenters. The van der Waals surface area contributed by atoms with Crippen molar-refractivity contribution in [3.8, 4) is 33.9 Å². The summed E-state index contributed by atoms with van der Waals surface area (Å²) in [5, 5.41) is 10.4. The molecule has 43 heavy (non-hydrogen) atoms. The second-order valence-corrected chi connectivity index (χ2v) is 13.1. The zero-order valence-corrected chi connectivity index (χ0v) is 26.0. The Morgan fingerprint density at radius 3 is 2.14 bits per heavy atom. The molecule has 2 aromatic heterocycles. The van der Waals surface area contributed by atoms with Crippen molar-refractivity contribution in [3.63, 3.8) is 0 Å². The monoisotopic (exact) mass is 585 g/mol. The van der Waals surface area contributed by atoms with Crippen molar-refractivity contribution >= 4 is 11.7 Å². The number of aliphatic carboxylic acids is 1. The first-order valence-corrected chi connectivity index (χ1v) is 14.7. The van der Waals surface area contributed by atoms with Crippen LogP contribution in [0.3, 0.4) is 0 Å². The lowest BCUT2D eigenvalue weighted by Gasteiger charge is -2.41. The molecule has 5 rings (SSSR count). The number of ether oxygens (including phenoxy) is 1. The van der Waals surface area contributed by atoms with E-state index in [9.17, 15) is 14.3 Å². The molecule has 2 aromatic carbocycles. The van der Waals surface area contributed by atoms with Crippen molar-refractivity contribution in [2.24, 2.45) is 5.41 Å². The minimum absolute atomic E-state index is 0.215. The summed E-state index contributed by atoms with van der Waals surface area (Å²) in [5.41, 5.74) is 5.84. The van der Waals surface area contributed by atoms with Crippen LogP contribution in [-0.4, -0.2) is 39.7 Å². The van der Waals surface area contributed by atoms with E-state index < -0.39 is 17.7 Å². The van der Waals surface area contributed by atoms with Crippen LogP contribution in [0.2, 0.25) is 0 Å². The molecule has 0 amide bonds. The molecule has 0 unspecified atom stereocenters. The normalized spacial score (nSPS) is 15.9. The molecule has 0 bridgehead atoms. The van der Waals surface area contributed by atoms with Gasteiger partial charge < -0.3 is 19.2 Å². The van der Waals surface area contributed by atoms with E-state index in [4.69, 9.17) is 14.1 Å². The first-order chi connectivity index (χ1) is 20.2. The van der Waals surface area contributed by atoms with Gasteiger partial charge in [0.1, 0.15) is 5.82 Å². The molecule has 8 heteroatoms. The number of halogens is 1. The van der Waals surface area contributed by atoms with Gasteiger partial charge in [-0.3, -0.25) is 4.98 Å². The molecule has 0 spiro atoms. The zero-order valence-electron chi connectivity index (χ0n) is 26.0. The van der Waals surface area contributed by atoms with E-state index in [2.05, 4.69) is 23.7 Å². The van der Waals surface area contributed by atoms with Gasteiger partial charge in [0.2, 0.25) is 5.89 Å². The standard InChI is InChI=1S/C35H40FN3O4/c1-21-28(24-8-10-25(11-9-24)32-37-20-27(42-32)23-12-14-26(36)15-13-23)30(39-18-16-35(6,7)17-19-39)29(22(2)38-21)31(33(40)41)43-34(3,4)5/h8-15,20,31H,16-19H2,1-7H3,(H,40,41)/t31-/m0/s1. The van der Waals surface area contributed by atoms with E-state index in [0.29, 0.717) is 22.9 Å². The van der Waals surface area contributed by atoms with Crippen LogP contribution in [0.5, 0.6) is 0 Å². The second kappa shape index (κ2) is 11.6. The number of oxazole rings is 1. The predicted octanol–water partition coefficient (Wildman–Crippen LogP) is 8.39. The van der Waals surface area contributed by atoms with Crippen molar-refractivity contribution in [3.05, 3.63) is 77.5 Å². The topological polar surface area (TPSA) is 88.7 Å². The number of hydrogen-bond acceptors (Lipinski definition) is 6. The second-order valence-electron chi connectivity index (χ2n) is 13.1. The number of nitrogens with zero attached hydrogens (tertiary/aromatic N) is 3. The van der Waals surface area contributed by atoms with Crippen molar-refractivity contribution in [2.45, 2.75) is 73.0 Å². The summed E-state index contributed by atoms with van der Waals surface area (Å²) in [4.78, 5) is 24.3. The average molecular weight is 586 g/mol. The van der Waals surface area contributed by atoms with Gasteiger partial charge in [0.15, 0.2) is 11.9 Å². The molecule has 4 aromatic rings. The SMILES string of the molecule is Cc1nc(C)c([C@H](OC(C)(C)C)C(=O)O)c(N2CCC(C)(C)CC2)c1-c1ccc(-c2ncc(-c3ccc(F)cc3)o2)cc1. The van der Waals surface area contributed by atoms with Gasteiger partial charge in [0.05, 0.1) is 17.5 Å². The number of rotatable bonds is 7. The molecule has 3 heterocycles. The van der Waals surface area contributed by atoms with Gasteiger partial charge in [-0.15, -0.1) is 0 Å². The van der Waals surface area contributed by atoms with E-state index in [1.165, 1.54) is 12.1 Å². The van der Waals surface area contributed by atoms with Crippen LogP contribution in [0.25, 0.3) is 33.9 Å². The van der Waals surface area contributed by atoms with Gasteiger partial charge in [-0.1, -0.05) is 26.0 Å². The smallest absolute Gasteiger partial charge is 0.337 e. The van der Waals surface area contributed by atoms with E-state index in [-0.39, 0.29) is 11.2 Å². The highest BCUT2D eigenvalue weighted by Crippen LogP contribution is 2.45. The van der Waals surface area contributed by atoms with Crippen molar-refractivity contribution in [1.29, 1.82) is 0 Å². The van der Waals surface area contributed by atoms with Crippen molar-refractivity contribution in [2.75, 3.05) is 18.0 Å². The Labute approximate surface area is 252 Å². The van der Waals surface area contributed by atoms with Crippen molar-refractivity contribution in [1.82, 2.24) is 9.97 Å². The Hall–Kier alpha value is -4.04. The van der Waals surface area contributed by atoms with E-state index in [1.807, 2.05) is 58.9 Å². The number of carboxylic acids is 1. The highest BCUT2D eigenvalue weighted by Gasteiger charge is 2.36. The third-order valence-electron chi connectivity index (χ3n) is 8.02. The molecule has 1 N–H and O–H groups in total. The molecule has 0 radical (unpaired) electrons. The maximum absolute atomic E-state index is 13.4. The fourth-order valence-electron chi connectivity index (χ4n) is 5.69. The lowest BCUT2D eigenvalue weighted by atomic mass is 9.81. The molecule has 1 aliphatic heterocycles. The third-order valence-corrected chi connectivity index (χ3v) is 8.02. The van der Waals surface area contributed by atoms with Gasteiger partial charge >= 0.3 is 5.97 Å². The molecule has 1 fully saturated rings. The summed E-state index contributed by atoms with van der Waals surface area (Å²) >= 11 is 0. The number of aromatic nitrogens is 2. The van der Waals surface area contributed by atoms with Crippen LogP contribution < -0.4 is 4.90 Å². The van der Waals surface area contributed by atoms with E-state index >= 15 is 0 Å². The van der Waals surface area contributed by atoms with Crippen LogP contribution in [0.15, 0.2) is 59.1 Å². The first kappa shape index (κ1) is 30.4. The zero-order chi connectivity index (χ0) is 31.1. The third kappa shape index (κ3) is 6.64. The number of benzene rings is 2. The number of carbonyl (C=O) groups is 1. The Morgan fingerprint density at radius 2 is 1.56 bits per heavy atom. The molecular weight excluding hydrogens is 545 g/mol. The first-order valence-electron chi connectivity index (χ1n) is 14.7. The number of anilines is 1. The lowest BCUT2D eigenvalue weighted by Crippen LogP contribution is -2.39. The van der Waals surface area contributed by atoms with Gasteiger partial charge in [-0.05, 0) is 94.8 Å². The van der Waals surface area contributed by atoms with Gasteiger partial charge in [0, 0.05) is 46.7 Å². The minimum Gasteiger partial charge on any atom is -0.479 e. The molecule has 7 nitrogen and oxygen atoms in total. The largest absolute Gasteiger partial charge is 0.479 e. The molecule has 226 valence electrons.